The van der Waals surface area contributed by atoms with E-state index in [0.29, 0.717) is 6.04 Å². The van der Waals surface area contributed by atoms with Crippen LogP contribution in [0, 0.1) is 0 Å². The van der Waals surface area contributed by atoms with Crippen LogP contribution in [0.5, 0.6) is 0 Å². The zero-order chi connectivity index (χ0) is 16.5. The third-order valence-corrected chi connectivity index (χ3v) is 4.59. The van der Waals surface area contributed by atoms with Crippen molar-refractivity contribution >= 4 is 41.3 Å². The first-order valence-electron chi connectivity index (χ1n) is 7.89. The molecule has 0 aliphatic heterocycles. The van der Waals surface area contributed by atoms with Crippen LogP contribution in [0.4, 0.5) is 0 Å². The standard InChI is InChI=1S/C18H26N4S.HI/c1-15(22(3)13-16-7-5-4-6-8-16)11-20-18(19-2)21-12-17-9-10-23-14-17;/h4-10,14-15H,11-13H2,1-3H3,(H2,19,20,21);1H. The lowest BCUT2D eigenvalue weighted by Crippen LogP contribution is -2.44. The van der Waals surface area contributed by atoms with E-state index < -0.39 is 0 Å². The molecule has 0 amide bonds. The molecule has 0 saturated heterocycles. The number of guanidine groups is 1. The summed E-state index contributed by atoms with van der Waals surface area (Å²) in [6, 6.07) is 13.1. The normalized spacial score (nSPS) is 12.6. The van der Waals surface area contributed by atoms with E-state index >= 15 is 0 Å². The molecule has 1 unspecified atom stereocenters. The highest BCUT2D eigenvalue weighted by molar-refractivity contribution is 14.0. The lowest BCUT2D eigenvalue weighted by molar-refractivity contribution is 0.249. The maximum atomic E-state index is 4.28. The number of hydrogen-bond donors (Lipinski definition) is 2. The fourth-order valence-electron chi connectivity index (χ4n) is 2.23. The first kappa shape index (κ1) is 20.9. The Morgan fingerprint density at radius 2 is 1.92 bits per heavy atom. The van der Waals surface area contributed by atoms with E-state index in [1.165, 1.54) is 11.1 Å². The quantitative estimate of drug-likeness (QED) is 0.379. The van der Waals surface area contributed by atoms with Crippen LogP contribution in [-0.2, 0) is 13.1 Å². The average Bonchev–Trinajstić information content (AvgIpc) is 3.09. The fourth-order valence-corrected chi connectivity index (χ4v) is 2.90. The van der Waals surface area contributed by atoms with Crippen molar-refractivity contribution in [2.75, 3.05) is 20.6 Å². The Hall–Kier alpha value is -1.12. The fraction of sp³-hybridized carbons (Fsp3) is 0.389. The van der Waals surface area contributed by atoms with Crippen LogP contribution in [0.1, 0.15) is 18.1 Å². The summed E-state index contributed by atoms with van der Waals surface area (Å²) in [5.41, 5.74) is 2.62. The largest absolute Gasteiger partial charge is 0.355 e. The van der Waals surface area contributed by atoms with Gasteiger partial charge in [-0.2, -0.15) is 11.3 Å². The number of benzene rings is 1. The van der Waals surface area contributed by atoms with Gasteiger partial charge in [0.2, 0.25) is 0 Å². The third-order valence-electron chi connectivity index (χ3n) is 3.86. The van der Waals surface area contributed by atoms with Crippen LogP contribution in [0.2, 0.25) is 0 Å². The van der Waals surface area contributed by atoms with Gasteiger partial charge in [-0.3, -0.25) is 9.89 Å². The van der Waals surface area contributed by atoms with Crippen molar-refractivity contribution in [1.29, 1.82) is 0 Å². The van der Waals surface area contributed by atoms with Crippen molar-refractivity contribution in [2.45, 2.75) is 26.1 Å². The van der Waals surface area contributed by atoms with Crippen LogP contribution in [0.15, 0.2) is 52.2 Å². The third kappa shape index (κ3) is 7.19. The van der Waals surface area contributed by atoms with E-state index in [9.17, 15) is 0 Å². The van der Waals surface area contributed by atoms with Gasteiger partial charge in [0.1, 0.15) is 0 Å². The molecule has 1 atom stereocenters. The van der Waals surface area contributed by atoms with E-state index in [1.54, 1.807) is 18.4 Å². The number of rotatable bonds is 7. The molecular formula is C18H27IN4S. The second kappa shape index (κ2) is 11.4. The number of nitrogens with zero attached hydrogens (tertiary/aromatic N) is 2. The maximum absolute atomic E-state index is 4.28. The van der Waals surface area contributed by atoms with Crippen molar-refractivity contribution in [1.82, 2.24) is 15.5 Å². The molecule has 2 rings (SSSR count). The molecule has 2 N–H and O–H groups in total. The lowest BCUT2D eigenvalue weighted by atomic mass is 10.2. The Labute approximate surface area is 166 Å². The van der Waals surface area contributed by atoms with Crippen LogP contribution >= 0.6 is 35.3 Å². The molecule has 6 heteroatoms. The number of hydrogen-bond acceptors (Lipinski definition) is 3. The van der Waals surface area contributed by atoms with E-state index in [-0.39, 0.29) is 24.0 Å². The van der Waals surface area contributed by atoms with Gasteiger partial charge in [0, 0.05) is 32.7 Å². The van der Waals surface area contributed by atoms with Crippen LogP contribution in [0.3, 0.4) is 0 Å². The lowest BCUT2D eigenvalue weighted by Gasteiger charge is -2.25. The van der Waals surface area contributed by atoms with Gasteiger partial charge in [-0.25, -0.2) is 0 Å². The van der Waals surface area contributed by atoms with Gasteiger partial charge in [0.25, 0.3) is 0 Å². The molecule has 1 aromatic heterocycles. The molecule has 0 spiro atoms. The Balaban J connectivity index is 0.00000288. The summed E-state index contributed by atoms with van der Waals surface area (Å²) < 4.78 is 0. The minimum Gasteiger partial charge on any atom is -0.355 e. The summed E-state index contributed by atoms with van der Waals surface area (Å²) in [7, 11) is 3.96. The molecule has 0 radical (unpaired) electrons. The highest BCUT2D eigenvalue weighted by Crippen LogP contribution is 2.06. The van der Waals surface area contributed by atoms with Crippen molar-refractivity contribution < 1.29 is 0 Å². The molecule has 1 heterocycles. The van der Waals surface area contributed by atoms with Crippen molar-refractivity contribution in [3.63, 3.8) is 0 Å². The summed E-state index contributed by atoms with van der Waals surface area (Å²) in [5.74, 6) is 0.844. The molecule has 0 aliphatic carbocycles. The first-order chi connectivity index (χ1) is 11.2. The Morgan fingerprint density at radius 3 is 2.54 bits per heavy atom. The Bertz CT molecular complexity index is 586. The first-order valence-corrected chi connectivity index (χ1v) is 8.83. The summed E-state index contributed by atoms with van der Waals surface area (Å²) in [5, 5.41) is 11.0. The molecular weight excluding hydrogens is 431 g/mol. The van der Waals surface area contributed by atoms with Gasteiger partial charge in [-0.15, -0.1) is 24.0 Å². The number of thiophene rings is 1. The highest BCUT2D eigenvalue weighted by Gasteiger charge is 2.10. The van der Waals surface area contributed by atoms with E-state index in [4.69, 9.17) is 0 Å². The molecule has 0 bridgehead atoms. The number of nitrogens with one attached hydrogen (secondary N) is 2. The predicted octanol–water partition coefficient (Wildman–Crippen LogP) is 3.55. The number of halogens is 1. The van der Waals surface area contributed by atoms with Gasteiger partial charge >= 0.3 is 0 Å². The SMILES string of the molecule is CN=C(NCc1ccsc1)NCC(C)N(C)Cc1ccccc1.I. The molecule has 1 aromatic carbocycles. The van der Waals surface area contributed by atoms with Gasteiger partial charge in [-0.05, 0) is 41.9 Å². The minimum atomic E-state index is 0. The van der Waals surface area contributed by atoms with E-state index in [1.807, 2.05) is 0 Å². The Kier molecular flexibility index (Phi) is 9.97. The van der Waals surface area contributed by atoms with Gasteiger partial charge in [0.05, 0.1) is 0 Å². The van der Waals surface area contributed by atoms with Crippen LogP contribution < -0.4 is 10.6 Å². The predicted molar refractivity (Wildman–Crippen MR) is 115 cm³/mol. The monoisotopic (exact) mass is 458 g/mol. The van der Waals surface area contributed by atoms with Crippen molar-refractivity contribution in [3.8, 4) is 0 Å². The number of aliphatic imine (C=N–C) groups is 1. The van der Waals surface area contributed by atoms with Gasteiger partial charge in [-0.1, -0.05) is 30.3 Å². The Morgan fingerprint density at radius 1 is 1.17 bits per heavy atom. The van der Waals surface area contributed by atoms with Crippen molar-refractivity contribution in [3.05, 3.63) is 58.3 Å². The van der Waals surface area contributed by atoms with E-state index in [2.05, 4.69) is 81.7 Å². The number of likely N-dealkylation sites (N-methyl/N-ethyl adjacent to an activating group) is 1. The van der Waals surface area contributed by atoms with Crippen LogP contribution in [-0.4, -0.2) is 37.5 Å². The van der Waals surface area contributed by atoms with Gasteiger partial charge in [0.15, 0.2) is 5.96 Å². The molecule has 132 valence electrons. The zero-order valence-corrected chi connectivity index (χ0v) is 17.7. The molecule has 0 fully saturated rings. The average molecular weight is 458 g/mol. The van der Waals surface area contributed by atoms with Crippen molar-refractivity contribution in [2.24, 2.45) is 4.99 Å². The molecule has 4 nitrogen and oxygen atoms in total. The molecule has 0 aliphatic rings. The van der Waals surface area contributed by atoms with Gasteiger partial charge < -0.3 is 10.6 Å². The smallest absolute Gasteiger partial charge is 0.191 e. The topological polar surface area (TPSA) is 39.7 Å². The second-order valence-electron chi connectivity index (χ2n) is 5.69. The highest BCUT2D eigenvalue weighted by atomic mass is 127. The molecule has 24 heavy (non-hydrogen) atoms. The minimum absolute atomic E-state index is 0. The summed E-state index contributed by atoms with van der Waals surface area (Å²) >= 11 is 1.71. The second-order valence-corrected chi connectivity index (χ2v) is 6.47. The summed E-state index contributed by atoms with van der Waals surface area (Å²) in [6.07, 6.45) is 0. The summed E-state index contributed by atoms with van der Waals surface area (Å²) in [4.78, 5) is 6.62. The van der Waals surface area contributed by atoms with Crippen LogP contribution in [0.25, 0.3) is 0 Å². The maximum Gasteiger partial charge on any atom is 0.191 e. The molecule has 0 saturated carbocycles. The zero-order valence-electron chi connectivity index (χ0n) is 14.5. The summed E-state index contributed by atoms with van der Waals surface area (Å²) in [6.45, 7) is 4.83. The van der Waals surface area contributed by atoms with E-state index in [0.717, 1.165) is 25.6 Å². The molecule has 2 aromatic rings.